The van der Waals surface area contributed by atoms with E-state index in [1.807, 2.05) is 86.6 Å². The summed E-state index contributed by atoms with van der Waals surface area (Å²) in [4.78, 5) is 9.90. The van der Waals surface area contributed by atoms with Crippen molar-refractivity contribution in [1.29, 1.82) is 0 Å². The first-order valence-electron chi connectivity index (χ1n) is 26.6. The highest BCUT2D eigenvalue weighted by Gasteiger charge is 2.57. The third-order valence-electron chi connectivity index (χ3n) is 16.8. The van der Waals surface area contributed by atoms with Gasteiger partial charge in [0, 0.05) is 51.4 Å². The average Bonchev–Trinajstić information content (AvgIpc) is 3.85. The molecular weight excluding hydrogens is 985 g/mol. The number of furan rings is 2. The van der Waals surface area contributed by atoms with Crippen molar-refractivity contribution in [3.63, 3.8) is 0 Å². The molecule has 7 nitrogen and oxygen atoms in total. The quantitative estimate of drug-likeness (QED) is 0.0946. The van der Waals surface area contributed by atoms with E-state index in [1.165, 1.54) is 32.9 Å². The van der Waals surface area contributed by atoms with Crippen molar-refractivity contribution in [3.05, 3.63) is 245 Å². The molecule has 15 rings (SSSR count). The van der Waals surface area contributed by atoms with Crippen LogP contribution < -0.4 is 35.5 Å². The predicted octanol–water partition coefficient (Wildman–Crippen LogP) is 15.1. The number of benzene rings is 8. The summed E-state index contributed by atoms with van der Waals surface area (Å²) in [6.45, 7) is 13.4. The van der Waals surface area contributed by atoms with Crippen LogP contribution in [-0.4, -0.2) is 18.5 Å². The first-order chi connectivity index (χ1) is 37.8. The van der Waals surface area contributed by atoms with Gasteiger partial charge in [-0.1, -0.05) is 159 Å². The van der Waals surface area contributed by atoms with Gasteiger partial charge in [-0.2, -0.15) is 4.57 Å². The molecule has 378 valence electrons. The molecule has 0 bridgehead atoms. The Hall–Kier alpha value is -9.12. The lowest BCUT2D eigenvalue weighted by atomic mass is 9.73. The molecule has 0 radical (unpaired) electrons. The normalized spacial score (nSPS) is 16.0. The van der Waals surface area contributed by atoms with Crippen molar-refractivity contribution in [2.24, 2.45) is 4.99 Å². The number of nitrogens with zero attached hydrogens (tertiary/aromatic N) is 5. The van der Waals surface area contributed by atoms with Crippen LogP contribution in [0.25, 0.3) is 50.4 Å². The van der Waals surface area contributed by atoms with Crippen molar-refractivity contribution in [2.45, 2.75) is 52.4 Å². The lowest BCUT2D eigenvalue weighted by Crippen LogP contribution is -2.58. The van der Waals surface area contributed by atoms with Crippen LogP contribution in [0.4, 0.5) is 48.7 Å². The van der Waals surface area contributed by atoms with Crippen molar-refractivity contribution in [3.8, 4) is 33.8 Å². The highest BCUT2D eigenvalue weighted by molar-refractivity contribution is 7.02. The first-order valence-corrected chi connectivity index (χ1v) is 29.6. The summed E-state index contributed by atoms with van der Waals surface area (Å²) in [5, 5.41) is 2.98. The minimum Gasteiger partial charge on any atom is -0.454 e. The largest absolute Gasteiger partial charge is 0.501 e. The lowest BCUT2D eigenvalue weighted by Gasteiger charge is -2.42. The van der Waals surface area contributed by atoms with Gasteiger partial charge in [-0.15, -0.1) is 13.4 Å². The van der Waals surface area contributed by atoms with E-state index in [1.54, 1.807) is 12.1 Å². The molecule has 0 fully saturated rings. The number of aryl methyl sites for hydroxylation is 2. The maximum absolute atomic E-state index is 18.5. The predicted molar refractivity (Wildman–Crippen MR) is 314 cm³/mol. The number of rotatable bonds is 6. The number of fused-ring (bicyclic) bond motifs is 9. The Morgan fingerprint density at radius 3 is 1.53 bits per heavy atom. The summed E-state index contributed by atoms with van der Waals surface area (Å²) >= 11 is 0. The molecule has 10 heteroatoms. The lowest BCUT2D eigenvalue weighted by molar-refractivity contribution is -0.112. The fraction of sp³-hybridized carbons (Fsp3) is 0.118. The maximum atomic E-state index is 18.5. The molecule has 0 saturated heterocycles. The molecule has 0 amide bonds. The number of amidine groups is 1. The number of aromatic nitrogens is 1. The van der Waals surface area contributed by atoms with Crippen molar-refractivity contribution in [2.75, 3.05) is 9.80 Å². The molecule has 0 unspecified atom stereocenters. The monoisotopic (exact) mass is 1040 g/mol. The molecule has 0 saturated carbocycles. The summed E-state index contributed by atoms with van der Waals surface area (Å²) in [7, 11) is -1.98. The first kappa shape index (κ1) is 46.2. The fourth-order valence-corrected chi connectivity index (χ4v) is 15.7. The molecular formula is C68H52F2N5O2Si+. The molecule has 78 heavy (non-hydrogen) atoms. The Labute approximate surface area is 451 Å². The van der Waals surface area contributed by atoms with Gasteiger partial charge in [0.15, 0.2) is 16.4 Å². The van der Waals surface area contributed by atoms with E-state index in [0.717, 1.165) is 59.7 Å². The van der Waals surface area contributed by atoms with E-state index in [9.17, 15) is 0 Å². The molecule has 7 heterocycles. The summed E-state index contributed by atoms with van der Waals surface area (Å²) in [6, 6.07) is 70.2. The Kier molecular flexibility index (Phi) is 9.74. The molecule has 0 spiro atoms. The average molecular weight is 1040 g/mol. The minimum atomic E-state index is -3.68. The molecule has 4 aliphatic rings. The molecule has 8 aromatic carbocycles. The summed E-state index contributed by atoms with van der Waals surface area (Å²) in [5.74, 6) is 1.15. The number of para-hydroxylation sites is 4. The smallest absolute Gasteiger partial charge is 0.454 e. The van der Waals surface area contributed by atoms with Crippen molar-refractivity contribution in [1.82, 2.24) is 9.14 Å². The van der Waals surface area contributed by atoms with Gasteiger partial charge in [0.25, 0.3) is 5.82 Å². The van der Waals surface area contributed by atoms with Crippen LogP contribution in [0.15, 0.2) is 220 Å². The number of anilines is 6. The van der Waals surface area contributed by atoms with Crippen LogP contribution in [-0.2, 0) is 11.6 Å². The van der Waals surface area contributed by atoms with Crippen LogP contribution in [0.1, 0.15) is 41.7 Å². The molecule has 4 aliphatic heterocycles. The third kappa shape index (κ3) is 6.53. The number of hydrogen-bond acceptors (Lipinski definition) is 5. The highest BCUT2D eigenvalue weighted by atomic mass is 28.3. The highest BCUT2D eigenvalue weighted by Crippen LogP contribution is 2.53. The Balaban J connectivity index is 0.872. The van der Waals surface area contributed by atoms with E-state index >= 15 is 8.78 Å². The maximum Gasteiger partial charge on any atom is 0.501 e. The Morgan fingerprint density at radius 1 is 0.513 bits per heavy atom. The van der Waals surface area contributed by atoms with Crippen LogP contribution >= 0.6 is 0 Å². The molecule has 0 aliphatic carbocycles. The molecule has 0 atom stereocenters. The van der Waals surface area contributed by atoms with E-state index in [4.69, 9.17) is 13.8 Å². The second kappa shape index (κ2) is 16.4. The number of alkyl halides is 2. The number of hydrogen-bond donors (Lipinski definition) is 0. The summed E-state index contributed by atoms with van der Waals surface area (Å²) in [6.07, 6.45) is -3.68. The van der Waals surface area contributed by atoms with E-state index in [-0.39, 0.29) is 27.9 Å². The van der Waals surface area contributed by atoms with Crippen LogP contribution in [0.5, 0.6) is 0 Å². The zero-order valence-electron chi connectivity index (χ0n) is 43.9. The Morgan fingerprint density at radius 2 is 0.974 bits per heavy atom. The summed E-state index contributed by atoms with van der Waals surface area (Å²) < 4.78 is 52.9. The van der Waals surface area contributed by atoms with Gasteiger partial charge < -0.3 is 18.6 Å². The van der Waals surface area contributed by atoms with Crippen molar-refractivity contribution >= 4 is 80.9 Å². The second-order valence-corrected chi connectivity index (χ2v) is 26.5. The van der Waals surface area contributed by atoms with Gasteiger partial charge in [0.1, 0.15) is 30.7 Å². The van der Waals surface area contributed by atoms with Crippen LogP contribution in [0.3, 0.4) is 0 Å². The SMILES string of the molecule is Cc1ccc(C2=c3oc(-c4ccc(N5c6ccccc6[Si](C)(C)c6ccccc65)cc4)cc3=[N+]3C2=Nc2c(-c4ccc(C)cc4)c4oc(-c5ccc(N6c7ccccc7C(C)(C)c7ccccc76)cc5)cc4n2C3(F)F)cc1. The van der Waals surface area contributed by atoms with E-state index in [2.05, 4.69) is 158 Å². The van der Waals surface area contributed by atoms with Gasteiger partial charge in [-0.3, -0.25) is 0 Å². The molecule has 3 aromatic heterocycles. The summed E-state index contributed by atoms with van der Waals surface area (Å²) in [5.41, 5.74) is 15.7. The Bertz CT molecular complexity index is 4390. The number of halogens is 2. The topological polar surface area (TPSA) is 53.1 Å². The second-order valence-electron chi connectivity index (χ2n) is 22.2. The van der Waals surface area contributed by atoms with Crippen LogP contribution in [0.2, 0.25) is 13.1 Å². The van der Waals surface area contributed by atoms with Crippen LogP contribution in [0, 0.1) is 13.8 Å². The van der Waals surface area contributed by atoms with Gasteiger partial charge in [-0.05, 0) is 124 Å². The zero-order valence-corrected chi connectivity index (χ0v) is 44.9. The number of aliphatic imine (C=N–C) groups is 1. The molecule has 0 N–H and O–H groups in total. The third-order valence-corrected chi connectivity index (χ3v) is 20.3. The zero-order chi connectivity index (χ0) is 53.0. The van der Waals surface area contributed by atoms with Gasteiger partial charge in [0.05, 0.1) is 16.9 Å². The standard InChI is InChI=1S/C68H52F2N5O2Si/c1-41-23-27-45(28-24-41)61-63-55(39-57(76-63)43-31-35-47(36-32-43)72-51-17-9-7-15-49(51)67(3,4)50-16-8-10-18-52(50)72)74-65(61)71-66-62(46-29-25-42(2)26-30-46)64-56(75(66)68(74,69)70)40-58(77-64)44-33-37-48(38-34-44)73-53-19-11-13-21-59(53)78(5,6)60-22-14-12-20-54(60)73/h7-40H,1-6H3/q+1. The van der Waals surface area contributed by atoms with E-state index < -0.39 is 14.2 Å². The van der Waals surface area contributed by atoms with Crippen molar-refractivity contribution < 1.29 is 17.6 Å². The van der Waals surface area contributed by atoms with Gasteiger partial charge in [-0.25, -0.2) is 0 Å². The fourth-order valence-electron chi connectivity index (χ4n) is 12.8. The van der Waals surface area contributed by atoms with Gasteiger partial charge in [0.2, 0.25) is 0 Å². The van der Waals surface area contributed by atoms with E-state index in [0.29, 0.717) is 39.2 Å². The van der Waals surface area contributed by atoms with Gasteiger partial charge >= 0.3 is 12.0 Å². The molecule has 11 aromatic rings. The minimum absolute atomic E-state index is 0.105.